The zero-order valence-electron chi connectivity index (χ0n) is 20.9. The average Bonchev–Trinajstić information content (AvgIpc) is 2.90. The predicted molar refractivity (Wildman–Crippen MR) is 142 cm³/mol. The van der Waals surface area contributed by atoms with Crippen LogP contribution in [-0.4, -0.2) is 35.5 Å². The monoisotopic (exact) mass is 486 g/mol. The van der Waals surface area contributed by atoms with E-state index in [-0.39, 0.29) is 24.0 Å². The van der Waals surface area contributed by atoms with E-state index in [2.05, 4.69) is 11.9 Å². The number of aromatic hydroxyl groups is 1. The van der Waals surface area contributed by atoms with Crippen molar-refractivity contribution in [1.29, 1.82) is 0 Å². The van der Waals surface area contributed by atoms with E-state index < -0.39 is 6.04 Å². The lowest BCUT2D eigenvalue weighted by Crippen LogP contribution is -2.44. The number of nitrogens with one attached hydrogen (secondary N) is 1. The fourth-order valence-electron chi connectivity index (χ4n) is 3.94. The van der Waals surface area contributed by atoms with Crippen molar-refractivity contribution in [2.75, 3.05) is 13.7 Å². The van der Waals surface area contributed by atoms with Gasteiger partial charge in [0, 0.05) is 19.5 Å². The molecule has 1 unspecified atom stereocenters. The second-order valence-corrected chi connectivity index (χ2v) is 8.71. The lowest BCUT2D eigenvalue weighted by molar-refractivity contribution is -0.140. The summed E-state index contributed by atoms with van der Waals surface area (Å²) in [4.78, 5) is 28.7. The summed E-state index contributed by atoms with van der Waals surface area (Å²) in [6.45, 7) is 6.50. The smallest absolute Gasteiger partial charge is 0.247 e. The molecule has 2 N–H and O–H groups in total. The van der Waals surface area contributed by atoms with Crippen LogP contribution >= 0.6 is 0 Å². The molecule has 188 valence electrons. The highest BCUT2D eigenvalue weighted by Crippen LogP contribution is 2.24. The molecular weight excluding hydrogens is 452 g/mol. The third-order valence-electron chi connectivity index (χ3n) is 6.04. The minimum Gasteiger partial charge on any atom is -0.508 e. The number of nitrogens with zero attached hydrogens (tertiary/aromatic N) is 1. The van der Waals surface area contributed by atoms with Crippen LogP contribution in [0.3, 0.4) is 0 Å². The summed E-state index contributed by atoms with van der Waals surface area (Å²) in [5, 5.41) is 12.5. The van der Waals surface area contributed by atoms with Gasteiger partial charge in [0.25, 0.3) is 0 Å². The summed E-state index contributed by atoms with van der Waals surface area (Å²) in [7, 11) is 1.61. The first-order valence-corrected chi connectivity index (χ1v) is 12.1. The Kier molecular flexibility index (Phi) is 9.69. The topological polar surface area (TPSA) is 78.9 Å². The first-order valence-electron chi connectivity index (χ1n) is 12.1. The van der Waals surface area contributed by atoms with Gasteiger partial charge in [-0.3, -0.25) is 9.59 Å². The molecular formula is C30H34N2O4. The molecule has 0 aliphatic carbocycles. The van der Waals surface area contributed by atoms with E-state index in [0.717, 1.165) is 28.0 Å². The highest BCUT2D eigenvalue weighted by atomic mass is 16.5. The van der Waals surface area contributed by atoms with Crippen LogP contribution in [0.5, 0.6) is 11.5 Å². The number of benzene rings is 3. The van der Waals surface area contributed by atoms with Gasteiger partial charge in [-0.2, -0.15) is 0 Å². The first-order chi connectivity index (χ1) is 17.4. The SMILES string of the molecule is C=CCCN(C(=O)CCc1ccc(O)cc1)C(C(=O)NCc1ccc(OC)cc1)c1ccc(C)cc1. The number of rotatable bonds is 12. The number of phenolic OH excluding ortho intramolecular Hbond substituents is 1. The highest BCUT2D eigenvalue weighted by molar-refractivity contribution is 5.89. The standard InChI is InChI=1S/C30H34N2O4/c1-4-5-20-32(28(34)19-12-23-8-15-26(33)16-9-23)29(25-13-6-22(2)7-14-25)30(35)31-21-24-10-17-27(36-3)18-11-24/h4,6-11,13-18,29,33H,1,5,12,19-21H2,2-3H3,(H,31,35). The van der Waals surface area contributed by atoms with Crippen LogP contribution in [0.4, 0.5) is 0 Å². The third kappa shape index (κ3) is 7.47. The Balaban J connectivity index is 1.82. The molecule has 0 heterocycles. The summed E-state index contributed by atoms with van der Waals surface area (Å²) in [6.07, 6.45) is 3.08. The fraction of sp³-hybridized carbons (Fsp3) is 0.267. The van der Waals surface area contributed by atoms with E-state index in [4.69, 9.17) is 4.74 Å². The van der Waals surface area contributed by atoms with E-state index in [9.17, 15) is 14.7 Å². The van der Waals surface area contributed by atoms with Crippen molar-refractivity contribution in [3.05, 3.63) is 108 Å². The van der Waals surface area contributed by atoms with E-state index in [1.165, 1.54) is 0 Å². The number of phenols is 1. The Morgan fingerprint density at radius 2 is 1.64 bits per heavy atom. The number of carbonyl (C=O) groups is 2. The molecule has 6 nitrogen and oxygen atoms in total. The van der Waals surface area contributed by atoms with Gasteiger partial charge in [0.05, 0.1) is 7.11 Å². The normalized spacial score (nSPS) is 11.4. The van der Waals surface area contributed by atoms with E-state index >= 15 is 0 Å². The third-order valence-corrected chi connectivity index (χ3v) is 6.04. The predicted octanol–water partition coefficient (Wildman–Crippen LogP) is 5.10. The van der Waals surface area contributed by atoms with Gasteiger partial charge in [0.1, 0.15) is 17.5 Å². The van der Waals surface area contributed by atoms with Crippen molar-refractivity contribution in [1.82, 2.24) is 10.2 Å². The van der Waals surface area contributed by atoms with E-state index in [1.54, 1.807) is 42.4 Å². The Bertz CT molecular complexity index is 1140. The van der Waals surface area contributed by atoms with Gasteiger partial charge in [0.2, 0.25) is 11.8 Å². The number of methoxy groups -OCH3 is 1. The highest BCUT2D eigenvalue weighted by Gasteiger charge is 2.30. The van der Waals surface area contributed by atoms with E-state index in [0.29, 0.717) is 25.9 Å². The Hall–Kier alpha value is -4.06. The average molecular weight is 487 g/mol. The molecule has 0 spiro atoms. The minimum atomic E-state index is -0.767. The second kappa shape index (κ2) is 13.1. The summed E-state index contributed by atoms with van der Waals surface area (Å²) < 4.78 is 5.20. The van der Waals surface area contributed by atoms with Gasteiger partial charge in [-0.05, 0) is 60.7 Å². The van der Waals surface area contributed by atoms with Gasteiger partial charge >= 0.3 is 0 Å². The number of ether oxygens (including phenoxy) is 1. The van der Waals surface area contributed by atoms with Gasteiger partial charge < -0.3 is 20.1 Å². The van der Waals surface area contributed by atoms with Gasteiger partial charge in [-0.25, -0.2) is 0 Å². The zero-order valence-corrected chi connectivity index (χ0v) is 20.9. The molecule has 0 radical (unpaired) electrons. The van der Waals surface area contributed by atoms with Gasteiger partial charge in [-0.15, -0.1) is 6.58 Å². The Morgan fingerprint density at radius 1 is 1.00 bits per heavy atom. The summed E-state index contributed by atoms with van der Waals surface area (Å²) >= 11 is 0. The van der Waals surface area contributed by atoms with Crippen molar-refractivity contribution >= 4 is 11.8 Å². The molecule has 3 rings (SSSR count). The molecule has 0 fully saturated rings. The number of carbonyl (C=O) groups excluding carboxylic acids is 2. The molecule has 0 aromatic heterocycles. The first kappa shape index (κ1) is 26.5. The quantitative estimate of drug-likeness (QED) is 0.349. The maximum Gasteiger partial charge on any atom is 0.247 e. The van der Waals surface area contributed by atoms with Crippen molar-refractivity contribution in [3.63, 3.8) is 0 Å². The van der Waals surface area contributed by atoms with Crippen molar-refractivity contribution in [2.24, 2.45) is 0 Å². The van der Waals surface area contributed by atoms with Crippen LogP contribution in [0.25, 0.3) is 0 Å². The van der Waals surface area contributed by atoms with Crippen LogP contribution in [0.1, 0.15) is 41.1 Å². The molecule has 0 aliphatic rings. The minimum absolute atomic E-state index is 0.116. The Labute approximate surface area is 213 Å². The summed E-state index contributed by atoms with van der Waals surface area (Å²) in [5.74, 6) is 0.579. The molecule has 3 aromatic rings. The van der Waals surface area contributed by atoms with Crippen LogP contribution in [0, 0.1) is 6.92 Å². The van der Waals surface area contributed by atoms with E-state index in [1.807, 2.05) is 55.5 Å². The molecule has 36 heavy (non-hydrogen) atoms. The molecule has 0 saturated carbocycles. The van der Waals surface area contributed by atoms with Gasteiger partial charge in [-0.1, -0.05) is 60.2 Å². The Morgan fingerprint density at radius 3 is 2.25 bits per heavy atom. The van der Waals surface area contributed by atoms with Gasteiger partial charge in [0.15, 0.2) is 0 Å². The van der Waals surface area contributed by atoms with Crippen LogP contribution < -0.4 is 10.1 Å². The molecule has 0 bridgehead atoms. The molecule has 6 heteroatoms. The lowest BCUT2D eigenvalue weighted by atomic mass is 10.0. The molecule has 2 amide bonds. The largest absolute Gasteiger partial charge is 0.508 e. The molecule has 1 atom stereocenters. The maximum atomic E-state index is 13.6. The van der Waals surface area contributed by atoms with Crippen LogP contribution in [0.15, 0.2) is 85.5 Å². The maximum absolute atomic E-state index is 13.6. The number of amides is 2. The molecule has 3 aromatic carbocycles. The number of hydrogen-bond donors (Lipinski definition) is 2. The summed E-state index contributed by atoms with van der Waals surface area (Å²) in [5.41, 5.74) is 3.71. The lowest BCUT2D eigenvalue weighted by Gasteiger charge is -2.31. The van der Waals surface area contributed by atoms with Crippen LogP contribution in [-0.2, 0) is 22.6 Å². The molecule has 0 saturated heterocycles. The molecule has 0 aliphatic heterocycles. The summed E-state index contributed by atoms with van der Waals surface area (Å²) in [6, 6.07) is 21.3. The van der Waals surface area contributed by atoms with Crippen molar-refractivity contribution < 1.29 is 19.4 Å². The fourth-order valence-corrected chi connectivity index (χ4v) is 3.94. The number of hydrogen-bond acceptors (Lipinski definition) is 4. The number of aryl methyl sites for hydroxylation is 2. The second-order valence-electron chi connectivity index (χ2n) is 8.71. The van der Waals surface area contributed by atoms with Crippen molar-refractivity contribution in [3.8, 4) is 11.5 Å². The van der Waals surface area contributed by atoms with Crippen LogP contribution in [0.2, 0.25) is 0 Å². The van der Waals surface area contributed by atoms with Crippen molar-refractivity contribution in [2.45, 2.75) is 38.8 Å². The zero-order chi connectivity index (χ0) is 25.9.